The second-order valence-corrected chi connectivity index (χ2v) is 5.87. The van der Waals surface area contributed by atoms with Crippen molar-refractivity contribution in [2.75, 3.05) is 19.8 Å². The highest BCUT2D eigenvalue weighted by atomic mass is 35.5. The first-order chi connectivity index (χ1) is 11.5. The Balaban J connectivity index is 1.93. The van der Waals surface area contributed by atoms with Crippen LogP contribution in [0.4, 0.5) is 0 Å². The van der Waals surface area contributed by atoms with E-state index >= 15 is 0 Å². The van der Waals surface area contributed by atoms with Crippen LogP contribution in [0.15, 0.2) is 30.3 Å². The predicted molar refractivity (Wildman–Crippen MR) is 86.6 cm³/mol. The van der Waals surface area contributed by atoms with Crippen molar-refractivity contribution >= 4 is 23.5 Å². The molecule has 0 aliphatic carbocycles. The number of morpholine rings is 1. The van der Waals surface area contributed by atoms with E-state index in [-0.39, 0.29) is 18.8 Å². The fourth-order valence-electron chi connectivity index (χ4n) is 2.64. The number of amides is 1. The third-order valence-corrected chi connectivity index (χ3v) is 4.18. The Morgan fingerprint density at radius 1 is 1.38 bits per heavy atom. The number of aliphatic carboxylic acids is 1. The molecule has 0 radical (unpaired) electrons. The number of carboxylic acid groups (broad SMARTS) is 1. The van der Waals surface area contributed by atoms with Gasteiger partial charge in [-0.15, -0.1) is 0 Å². The lowest BCUT2D eigenvalue weighted by Gasteiger charge is -2.32. The smallest absolute Gasteiger partial charge is 0.328 e. The van der Waals surface area contributed by atoms with Gasteiger partial charge in [0.1, 0.15) is 0 Å². The van der Waals surface area contributed by atoms with Gasteiger partial charge in [-0.2, -0.15) is 5.10 Å². The van der Waals surface area contributed by atoms with Gasteiger partial charge in [0, 0.05) is 12.2 Å². The number of para-hydroxylation sites is 1. The number of carbonyl (C=O) groups is 2. The standard InChI is InChI=1S/C16H16ClN3O4/c1-10-8-12(18-20(10)13-5-3-2-4-11(13)17)15(21)19-6-7-24-9-14(19)16(22)23/h2-5,8,14H,6-7,9H2,1H3,(H,22,23). The summed E-state index contributed by atoms with van der Waals surface area (Å²) in [7, 11) is 0. The molecule has 3 rings (SSSR count). The highest BCUT2D eigenvalue weighted by Crippen LogP contribution is 2.22. The van der Waals surface area contributed by atoms with E-state index in [0.717, 1.165) is 5.69 Å². The van der Waals surface area contributed by atoms with Gasteiger partial charge in [0.2, 0.25) is 0 Å². The van der Waals surface area contributed by atoms with Gasteiger partial charge in [-0.05, 0) is 25.1 Å². The summed E-state index contributed by atoms with van der Waals surface area (Å²) in [6.07, 6.45) is 0. The molecule has 1 N–H and O–H groups in total. The topological polar surface area (TPSA) is 84.7 Å². The van der Waals surface area contributed by atoms with Gasteiger partial charge in [0.05, 0.1) is 23.9 Å². The molecule has 0 saturated carbocycles. The molecule has 7 nitrogen and oxygen atoms in total. The number of hydrogen-bond donors (Lipinski definition) is 1. The molecule has 0 spiro atoms. The summed E-state index contributed by atoms with van der Waals surface area (Å²) in [5.74, 6) is -1.52. The Labute approximate surface area is 143 Å². The van der Waals surface area contributed by atoms with E-state index in [4.69, 9.17) is 16.3 Å². The summed E-state index contributed by atoms with van der Waals surface area (Å²) in [5, 5.41) is 14.1. The van der Waals surface area contributed by atoms with Crippen molar-refractivity contribution < 1.29 is 19.4 Å². The summed E-state index contributed by atoms with van der Waals surface area (Å²) >= 11 is 6.18. The maximum atomic E-state index is 12.7. The Kier molecular flexibility index (Phi) is 4.55. The van der Waals surface area contributed by atoms with Crippen molar-refractivity contribution in [3.63, 3.8) is 0 Å². The lowest BCUT2D eigenvalue weighted by atomic mass is 10.2. The van der Waals surface area contributed by atoms with Crippen LogP contribution >= 0.6 is 11.6 Å². The molecule has 1 unspecified atom stereocenters. The summed E-state index contributed by atoms with van der Waals surface area (Å²) in [4.78, 5) is 25.3. The highest BCUT2D eigenvalue weighted by Gasteiger charge is 2.34. The van der Waals surface area contributed by atoms with Crippen molar-refractivity contribution in [2.45, 2.75) is 13.0 Å². The second kappa shape index (κ2) is 6.62. The third kappa shape index (κ3) is 3.00. The van der Waals surface area contributed by atoms with Crippen LogP contribution in [0.2, 0.25) is 5.02 Å². The fraction of sp³-hybridized carbons (Fsp3) is 0.312. The van der Waals surface area contributed by atoms with Crippen molar-refractivity contribution in [1.29, 1.82) is 0 Å². The van der Waals surface area contributed by atoms with Crippen molar-refractivity contribution in [3.05, 3.63) is 46.7 Å². The summed E-state index contributed by atoms with van der Waals surface area (Å²) in [5.41, 5.74) is 1.57. The molecule has 1 fully saturated rings. The Morgan fingerprint density at radius 2 is 2.12 bits per heavy atom. The monoisotopic (exact) mass is 349 g/mol. The van der Waals surface area contributed by atoms with E-state index in [2.05, 4.69) is 5.10 Å². The van der Waals surface area contributed by atoms with Crippen LogP contribution in [0.1, 0.15) is 16.2 Å². The minimum Gasteiger partial charge on any atom is -0.480 e. The fourth-order valence-corrected chi connectivity index (χ4v) is 2.86. The summed E-state index contributed by atoms with van der Waals surface area (Å²) in [6, 6.07) is 7.79. The number of halogens is 1. The molecule has 1 aromatic carbocycles. The number of benzene rings is 1. The zero-order valence-electron chi connectivity index (χ0n) is 13.0. The Hall–Kier alpha value is -2.38. The zero-order chi connectivity index (χ0) is 17.3. The zero-order valence-corrected chi connectivity index (χ0v) is 13.7. The predicted octanol–water partition coefficient (Wildman–Crippen LogP) is 1.76. The number of aryl methyl sites for hydroxylation is 1. The Morgan fingerprint density at radius 3 is 2.83 bits per heavy atom. The van der Waals surface area contributed by atoms with Crippen LogP contribution in [0, 0.1) is 6.92 Å². The Bertz CT molecular complexity index is 789. The molecule has 2 heterocycles. The van der Waals surface area contributed by atoms with E-state index < -0.39 is 17.9 Å². The lowest BCUT2D eigenvalue weighted by molar-refractivity contribution is -0.147. The minimum atomic E-state index is -1.09. The van der Waals surface area contributed by atoms with Gasteiger partial charge >= 0.3 is 5.97 Å². The maximum absolute atomic E-state index is 12.7. The molecule has 1 aromatic heterocycles. The third-order valence-electron chi connectivity index (χ3n) is 3.86. The van der Waals surface area contributed by atoms with Crippen LogP contribution in [-0.4, -0.2) is 57.5 Å². The number of aromatic nitrogens is 2. The molecule has 2 aromatic rings. The molecule has 0 bridgehead atoms. The molecule has 1 aliphatic heterocycles. The molecular formula is C16H16ClN3O4. The largest absolute Gasteiger partial charge is 0.480 e. The van der Waals surface area contributed by atoms with E-state index in [1.165, 1.54) is 4.90 Å². The summed E-state index contributed by atoms with van der Waals surface area (Å²) < 4.78 is 6.73. The number of carbonyl (C=O) groups excluding carboxylic acids is 1. The minimum absolute atomic E-state index is 0.0225. The van der Waals surface area contributed by atoms with Gasteiger partial charge < -0.3 is 14.7 Å². The van der Waals surface area contributed by atoms with Gasteiger partial charge in [-0.1, -0.05) is 23.7 Å². The molecular weight excluding hydrogens is 334 g/mol. The van der Waals surface area contributed by atoms with Crippen LogP contribution in [0.3, 0.4) is 0 Å². The van der Waals surface area contributed by atoms with Gasteiger partial charge in [0.25, 0.3) is 5.91 Å². The lowest BCUT2D eigenvalue weighted by Crippen LogP contribution is -2.52. The second-order valence-electron chi connectivity index (χ2n) is 5.46. The molecule has 1 aliphatic rings. The average Bonchev–Trinajstić information content (AvgIpc) is 2.96. The first-order valence-corrected chi connectivity index (χ1v) is 7.80. The quantitative estimate of drug-likeness (QED) is 0.912. The van der Waals surface area contributed by atoms with Crippen molar-refractivity contribution in [2.24, 2.45) is 0 Å². The van der Waals surface area contributed by atoms with Crippen molar-refractivity contribution in [1.82, 2.24) is 14.7 Å². The van der Waals surface area contributed by atoms with Crippen LogP contribution in [0.25, 0.3) is 5.69 Å². The van der Waals surface area contributed by atoms with Gasteiger partial charge in [-0.25, -0.2) is 9.48 Å². The number of hydrogen-bond acceptors (Lipinski definition) is 4. The van der Waals surface area contributed by atoms with E-state index in [9.17, 15) is 14.7 Å². The average molecular weight is 350 g/mol. The molecule has 8 heteroatoms. The summed E-state index contributed by atoms with van der Waals surface area (Å²) in [6.45, 7) is 2.31. The number of nitrogens with zero attached hydrogens (tertiary/aromatic N) is 3. The molecule has 1 atom stereocenters. The number of carboxylic acids is 1. The van der Waals surface area contributed by atoms with Crippen LogP contribution in [0.5, 0.6) is 0 Å². The van der Waals surface area contributed by atoms with Crippen LogP contribution in [-0.2, 0) is 9.53 Å². The molecule has 1 amide bonds. The first-order valence-electron chi connectivity index (χ1n) is 7.42. The van der Waals surface area contributed by atoms with Crippen LogP contribution < -0.4 is 0 Å². The van der Waals surface area contributed by atoms with E-state index in [1.54, 1.807) is 29.8 Å². The molecule has 1 saturated heterocycles. The maximum Gasteiger partial charge on any atom is 0.328 e. The first kappa shape index (κ1) is 16.5. The van der Waals surface area contributed by atoms with E-state index in [0.29, 0.717) is 17.3 Å². The van der Waals surface area contributed by atoms with Crippen molar-refractivity contribution in [3.8, 4) is 5.69 Å². The SMILES string of the molecule is Cc1cc(C(=O)N2CCOCC2C(=O)O)nn1-c1ccccc1Cl. The molecule has 24 heavy (non-hydrogen) atoms. The number of ether oxygens (including phenoxy) is 1. The highest BCUT2D eigenvalue weighted by molar-refractivity contribution is 6.32. The van der Waals surface area contributed by atoms with Gasteiger partial charge in [0.15, 0.2) is 11.7 Å². The molecule has 126 valence electrons. The van der Waals surface area contributed by atoms with Gasteiger partial charge in [-0.3, -0.25) is 4.79 Å². The normalized spacial score (nSPS) is 17.8. The van der Waals surface area contributed by atoms with E-state index in [1.807, 2.05) is 12.1 Å². The number of rotatable bonds is 3.